The molecule has 1 aliphatic rings. The van der Waals surface area contributed by atoms with Crippen molar-refractivity contribution in [2.75, 3.05) is 13.2 Å². The van der Waals surface area contributed by atoms with Crippen molar-refractivity contribution in [3.8, 4) is 11.1 Å². The molecule has 0 heterocycles. The van der Waals surface area contributed by atoms with Crippen molar-refractivity contribution >= 4 is 18.2 Å². The zero-order valence-electron chi connectivity index (χ0n) is 21.7. The molecule has 0 aromatic heterocycles. The van der Waals surface area contributed by atoms with Crippen molar-refractivity contribution < 1.29 is 28.6 Å². The van der Waals surface area contributed by atoms with Gasteiger partial charge in [-0.15, -0.1) is 0 Å². The van der Waals surface area contributed by atoms with Gasteiger partial charge in [0.15, 0.2) is 0 Å². The SMILES string of the molecule is CC(C)(C)OC(=O)NC[C@@H](NC(=O)OCC1c2ccccc2-c2ccccc21)C(=O)OCc1ccccc1. The van der Waals surface area contributed by atoms with Gasteiger partial charge < -0.3 is 24.8 Å². The van der Waals surface area contributed by atoms with Gasteiger partial charge in [-0.1, -0.05) is 78.9 Å². The zero-order valence-corrected chi connectivity index (χ0v) is 21.7. The van der Waals surface area contributed by atoms with Gasteiger partial charge in [-0.2, -0.15) is 0 Å². The number of benzene rings is 3. The Hall–Kier alpha value is -4.33. The van der Waals surface area contributed by atoms with Gasteiger partial charge in [0.25, 0.3) is 0 Å². The summed E-state index contributed by atoms with van der Waals surface area (Å²) in [5.41, 5.74) is 4.45. The lowest BCUT2D eigenvalue weighted by molar-refractivity contribution is -0.147. The number of esters is 1. The van der Waals surface area contributed by atoms with Gasteiger partial charge in [-0.25, -0.2) is 14.4 Å². The van der Waals surface area contributed by atoms with Gasteiger partial charge in [0.05, 0.1) is 6.54 Å². The minimum atomic E-state index is -1.18. The molecule has 0 saturated carbocycles. The van der Waals surface area contributed by atoms with Gasteiger partial charge in [0.2, 0.25) is 0 Å². The van der Waals surface area contributed by atoms with Crippen LogP contribution >= 0.6 is 0 Å². The fourth-order valence-corrected chi connectivity index (χ4v) is 4.30. The standard InChI is InChI=1S/C30H32N2O6/c1-30(2,3)38-28(34)31-17-26(27(33)36-18-20-11-5-4-6-12-20)32-29(35)37-19-25-23-15-9-7-13-21(23)22-14-8-10-16-24(22)25/h4-16,25-26H,17-19H2,1-3H3,(H,31,34)(H,32,35)/t26-/m1/s1. The first-order valence-electron chi connectivity index (χ1n) is 12.5. The van der Waals surface area contributed by atoms with Crippen LogP contribution in [0.2, 0.25) is 0 Å². The Morgan fingerprint density at radius 2 is 1.37 bits per heavy atom. The van der Waals surface area contributed by atoms with Crippen LogP contribution in [0, 0.1) is 0 Å². The van der Waals surface area contributed by atoms with Crippen molar-refractivity contribution in [3.63, 3.8) is 0 Å². The van der Waals surface area contributed by atoms with Gasteiger partial charge >= 0.3 is 18.2 Å². The number of hydrogen-bond acceptors (Lipinski definition) is 6. The maximum Gasteiger partial charge on any atom is 0.407 e. The maximum atomic E-state index is 12.9. The maximum absolute atomic E-state index is 12.9. The molecule has 38 heavy (non-hydrogen) atoms. The van der Waals surface area contributed by atoms with Crippen LogP contribution in [0.4, 0.5) is 9.59 Å². The minimum absolute atomic E-state index is 0.0228. The highest BCUT2D eigenvalue weighted by Crippen LogP contribution is 2.44. The molecule has 0 bridgehead atoms. The summed E-state index contributed by atoms with van der Waals surface area (Å²) in [6.45, 7) is 5.07. The molecule has 8 nitrogen and oxygen atoms in total. The van der Waals surface area contributed by atoms with Gasteiger partial charge in [0, 0.05) is 5.92 Å². The molecule has 0 saturated heterocycles. The molecular formula is C30H32N2O6. The van der Waals surface area contributed by atoms with E-state index in [0.717, 1.165) is 27.8 Å². The van der Waals surface area contributed by atoms with Gasteiger partial charge in [-0.05, 0) is 48.6 Å². The molecule has 3 aromatic rings. The van der Waals surface area contributed by atoms with E-state index in [-0.39, 0.29) is 25.7 Å². The largest absolute Gasteiger partial charge is 0.459 e. The first-order valence-corrected chi connectivity index (χ1v) is 12.5. The molecule has 1 aliphatic carbocycles. The van der Waals surface area contributed by atoms with Crippen LogP contribution in [-0.2, 0) is 25.6 Å². The number of ether oxygens (including phenoxy) is 3. The quantitative estimate of drug-likeness (QED) is 0.317. The summed E-state index contributed by atoms with van der Waals surface area (Å²) < 4.78 is 16.2. The number of rotatable bonds is 8. The van der Waals surface area contributed by atoms with E-state index in [1.807, 2.05) is 66.7 Å². The van der Waals surface area contributed by atoms with E-state index in [9.17, 15) is 14.4 Å². The number of carbonyl (C=O) groups excluding carboxylic acids is 3. The van der Waals surface area contributed by atoms with E-state index >= 15 is 0 Å². The Morgan fingerprint density at radius 3 is 1.97 bits per heavy atom. The number of hydrogen-bond donors (Lipinski definition) is 2. The van der Waals surface area contributed by atoms with Crippen LogP contribution in [0.1, 0.15) is 43.4 Å². The number of alkyl carbamates (subject to hydrolysis) is 2. The van der Waals surface area contributed by atoms with Crippen molar-refractivity contribution in [1.82, 2.24) is 10.6 Å². The van der Waals surface area contributed by atoms with E-state index < -0.39 is 29.8 Å². The molecule has 3 aromatic carbocycles. The summed E-state index contributed by atoms with van der Waals surface area (Å²) >= 11 is 0. The predicted molar refractivity (Wildman–Crippen MR) is 142 cm³/mol. The molecule has 0 aliphatic heterocycles. The molecule has 2 amide bonds. The molecule has 0 radical (unpaired) electrons. The monoisotopic (exact) mass is 516 g/mol. The Morgan fingerprint density at radius 1 is 0.789 bits per heavy atom. The van der Waals surface area contributed by atoms with E-state index in [1.165, 1.54) is 0 Å². The van der Waals surface area contributed by atoms with Crippen LogP contribution in [-0.4, -0.2) is 43.0 Å². The Bertz CT molecular complexity index is 1240. The van der Waals surface area contributed by atoms with Crippen LogP contribution in [0.3, 0.4) is 0 Å². The van der Waals surface area contributed by atoms with Crippen LogP contribution in [0.15, 0.2) is 78.9 Å². The normalized spacial score (nSPS) is 13.0. The second-order valence-electron chi connectivity index (χ2n) is 10.00. The summed E-state index contributed by atoms with van der Waals surface area (Å²) in [6.07, 6.45) is -1.51. The number of carbonyl (C=O) groups is 3. The zero-order chi connectivity index (χ0) is 27.1. The predicted octanol–water partition coefficient (Wildman–Crippen LogP) is 5.16. The van der Waals surface area contributed by atoms with Crippen molar-refractivity contribution in [2.24, 2.45) is 0 Å². The molecule has 0 unspecified atom stereocenters. The summed E-state index contributed by atoms with van der Waals surface area (Å²) in [7, 11) is 0. The summed E-state index contributed by atoms with van der Waals surface area (Å²) in [5.74, 6) is -0.838. The Kier molecular flexibility index (Phi) is 8.31. The second kappa shape index (κ2) is 11.8. The molecule has 0 spiro atoms. The topological polar surface area (TPSA) is 103 Å². The highest BCUT2D eigenvalue weighted by molar-refractivity contribution is 5.83. The number of amides is 2. The van der Waals surface area contributed by atoms with Gasteiger partial charge in [-0.3, -0.25) is 0 Å². The number of fused-ring (bicyclic) bond motifs is 3. The molecule has 2 N–H and O–H groups in total. The fraction of sp³-hybridized carbons (Fsp3) is 0.300. The van der Waals surface area contributed by atoms with Crippen molar-refractivity contribution in [3.05, 3.63) is 95.6 Å². The lowest BCUT2D eigenvalue weighted by Gasteiger charge is -2.22. The molecule has 0 fully saturated rings. The average Bonchev–Trinajstić information content (AvgIpc) is 3.21. The third-order valence-electron chi connectivity index (χ3n) is 5.99. The highest BCUT2D eigenvalue weighted by Gasteiger charge is 2.30. The summed E-state index contributed by atoms with van der Waals surface area (Å²) in [6, 6.07) is 24.0. The lowest BCUT2D eigenvalue weighted by Crippen LogP contribution is -2.50. The summed E-state index contributed by atoms with van der Waals surface area (Å²) in [5, 5.41) is 5.05. The van der Waals surface area contributed by atoms with E-state index in [0.29, 0.717) is 0 Å². The first kappa shape index (κ1) is 26.7. The first-order chi connectivity index (χ1) is 18.2. The van der Waals surface area contributed by atoms with E-state index in [1.54, 1.807) is 20.8 Å². The second-order valence-corrected chi connectivity index (χ2v) is 10.00. The highest BCUT2D eigenvalue weighted by atomic mass is 16.6. The van der Waals surface area contributed by atoms with Gasteiger partial charge in [0.1, 0.15) is 24.9 Å². The molecule has 4 rings (SSSR count). The van der Waals surface area contributed by atoms with Crippen LogP contribution in [0.5, 0.6) is 0 Å². The minimum Gasteiger partial charge on any atom is -0.459 e. The number of nitrogens with one attached hydrogen (secondary N) is 2. The van der Waals surface area contributed by atoms with E-state index in [4.69, 9.17) is 14.2 Å². The van der Waals surface area contributed by atoms with Crippen molar-refractivity contribution in [2.45, 2.75) is 44.9 Å². The Labute approximate surface area is 222 Å². The van der Waals surface area contributed by atoms with Crippen molar-refractivity contribution in [1.29, 1.82) is 0 Å². The lowest BCUT2D eigenvalue weighted by atomic mass is 9.98. The Balaban J connectivity index is 1.40. The molecule has 198 valence electrons. The molecular weight excluding hydrogens is 484 g/mol. The third-order valence-corrected chi connectivity index (χ3v) is 5.99. The molecule has 8 heteroatoms. The van der Waals surface area contributed by atoms with Crippen LogP contribution in [0.25, 0.3) is 11.1 Å². The summed E-state index contributed by atoms with van der Waals surface area (Å²) in [4.78, 5) is 37.8. The fourth-order valence-electron chi connectivity index (χ4n) is 4.30. The smallest absolute Gasteiger partial charge is 0.407 e. The third kappa shape index (κ3) is 6.91. The van der Waals surface area contributed by atoms with E-state index in [2.05, 4.69) is 22.8 Å². The van der Waals surface area contributed by atoms with Crippen LogP contribution < -0.4 is 10.6 Å². The molecule has 1 atom stereocenters. The average molecular weight is 517 g/mol.